The molecule has 2 aromatic heterocycles. The number of aromatic amines is 1. The number of amides is 1. The molecule has 0 atom stereocenters. The van der Waals surface area contributed by atoms with Crippen LogP contribution in [0.4, 0.5) is 0 Å². The van der Waals surface area contributed by atoms with Crippen LogP contribution in [0.15, 0.2) is 10.6 Å². The van der Waals surface area contributed by atoms with Crippen LogP contribution in [0.1, 0.15) is 39.9 Å². The number of aromatic nitrogens is 4. The molecule has 0 spiro atoms. The third-order valence-electron chi connectivity index (χ3n) is 4.14. The van der Waals surface area contributed by atoms with Crippen LogP contribution in [-0.2, 0) is 6.42 Å². The van der Waals surface area contributed by atoms with Crippen molar-refractivity contribution in [3.8, 4) is 0 Å². The van der Waals surface area contributed by atoms with E-state index in [0.717, 1.165) is 31.2 Å². The molecule has 24 heavy (non-hydrogen) atoms. The molecule has 0 radical (unpaired) electrons. The fraction of sp³-hybridized carbons (Fsp3) is 0.500. The first kappa shape index (κ1) is 16.4. The smallest absolute Gasteiger partial charge is 0.256 e. The SMILES string of the molecule is Cc1noc(C)c1C(=O)NCCc1nc(C2=CCN(C)CC2)n[nH]1. The maximum absolute atomic E-state index is 12.1. The van der Waals surface area contributed by atoms with E-state index < -0.39 is 0 Å². The number of nitrogens with zero attached hydrogens (tertiary/aromatic N) is 4. The van der Waals surface area contributed by atoms with Crippen LogP contribution in [-0.4, -0.2) is 57.8 Å². The quantitative estimate of drug-likeness (QED) is 0.851. The summed E-state index contributed by atoms with van der Waals surface area (Å²) in [4.78, 5) is 18.9. The Balaban J connectivity index is 1.54. The number of carbonyl (C=O) groups excluding carboxylic acids is 1. The molecule has 1 amide bonds. The van der Waals surface area contributed by atoms with Gasteiger partial charge in [0.05, 0.1) is 5.69 Å². The molecule has 0 saturated carbocycles. The van der Waals surface area contributed by atoms with Crippen molar-refractivity contribution in [3.63, 3.8) is 0 Å². The van der Waals surface area contributed by atoms with Crippen LogP contribution in [0, 0.1) is 13.8 Å². The molecule has 0 fully saturated rings. The number of nitrogens with one attached hydrogen (secondary N) is 2. The monoisotopic (exact) mass is 330 g/mol. The fourth-order valence-corrected chi connectivity index (χ4v) is 2.71. The fourth-order valence-electron chi connectivity index (χ4n) is 2.71. The standard InChI is InChI=1S/C16H22N6O2/c1-10-14(11(2)24-21-10)16(23)17-7-4-13-18-15(20-19-13)12-5-8-22(3)9-6-12/h5H,4,6-9H2,1-3H3,(H,17,23)(H,18,19,20). The van der Waals surface area contributed by atoms with Crippen molar-refractivity contribution in [1.29, 1.82) is 0 Å². The van der Waals surface area contributed by atoms with Gasteiger partial charge in [-0.15, -0.1) is 0 Å². The molecule has 2 aromatic rings. The van der Waals surface area contributed by atoms with E-state index in [1.54, 1.807) is 13.8 Å². The summed E-state index contributed by atoms with van der Waals surface area (Å²) in [6.45, 7) is 5.89. The van der Waals surface area contributed by atoms with Gasteiger partial charge in [-0.3, -0.25) is 9.89 Å². The second-order valence-corrected chi connectivity index (χ2v) is 6.05. The lowest BCUT2D eigenvalue weighted by Crippen LogP contribution is -2.26. The van der Waals surface area contributed by atoms with E-state index in [-0.39, 0.29) is 5.91 Å². The first-order valence-electron chi connectivity index (χ1n) is 8.05. The van der Waals surface area contributed by atoms with Crippen LogP contribution < -0.4 is 5.32 Å². The number of likely N-dealkylation sites (N-methyl/N-ethyl adjacent to an activating group) is 1. The Hall–Kier alpha value is -2.48. The van der Waals surface area contributed by atoms with Gasteiger partial charge in [-0.05, 0) is 32.9 Å². The van der Waals surface area contributed by atoms with Crippen LogP contribution in [0.2, 0.25) is 0 Å². The molecule has 1 aliphatic heterocycles. The molecular weight excluding hydrogens is 308 g/mol. The van der Waals surface area contributed by atoms with Crippen LogP contribution in [0.25, 0.3) is 5.57 Å². The molecule has 3 rings (SSSR count). The summed E-state index contributed by atoms with van der Waals surface area (Å²) < 4.78 is 5.01. The topological polar surface area (TPSA) is 99.9 Å². The summed E-state index contributed by atoms with van der Waals surface area (Å²) >= 11 is 0. The molecule has 8 heteroatoms. The Morgan fingerprint density at radius 1 is 1.46 bits per heavy atom. The Labute approximate surface area is 140 Å². The predicted octanol–water partition coefficient (Wildman–Crippen LogP) is 1.10. The molecule has 0 bridgehead atoms. The van der Waals surface area contributed by atoms with Crippen molar-refractivity contribution in [3.05, 3.63) is 34.7 Å². The minimum absolute atomic E-state index is 0.177. The summed E-state index contributed by atoms with van der Waals surface area (Å²) in [5, 5.41) is 13.9. The third-order valence-corrected chi connectivity index (χ3v) is 4.14. The summed E-state index contributed by atoms with van der Waals surface area (Å²) in [7, 11) is 2.10. The maximum Gasteiger partial charge on any atom is 0.256 e. The van der Waals surface area contributed by atoms with E-state index in [4.69, 9.17) is 4.52 Å². The summed E-state index contributed by atoms with van der Waals surface area (Å²) in [5.41, 5.74) is 2.28. The molecule has 0 saturated heterocycles. The lowest BCUT2D eigenvalue weighted by Gasteiger charge is -2.20. The van der Waals surface area contributed by atoms with E-state index in [9.17, 15) is 4.79 Å². The Kier molecular flexibility index (Phi) is 4.75. The van der Waals surface area contributed by atoms with Gasteiger partial charge in [0, 0.05) is 26.1 Å². The molecule has 1 aliphatic rings. The summed E-state index contributed by atoms with van der Waals surface area (Å²) in [5.74, 6) is 1.88. The van der Waals surface area contributed by atoms with E-state index >= 15 is 0 Å². The van der Waals surface area contributed by atoms with Crippen LogP contribution >= 0.6 is 0 Å². The Bertz CT molecular complexity index is 741. The zero-order valence-electron chi connectivity index (χ0n) is 14.2. The predicted molar refractivity (Wildman–Crippen MR) is 88.5 cm³/mol. The molecule has 0 aliphatic carbocycles. The zero-order valence-corrected chi connectivity index (χ0v) is 14.2. The highest BCUT2D eigenvalue weighted by atomic mass is 16.5. The van der Waals surface area contributed by atoms with Crippen molar-refractivity contribution in [2.75, 3.05) is 26.7 Å². The second kappa shape index (κ2) is 6.96. The average Bonchev–Trinajstić information content (AvgIpc) is 3.15. The number of carbonyl (C=O) groups is 1. The van der Waals surface area contributed by atoms with Crippen molar-refractivity contribution in [2.45, 2.75) is 26.7 Å². The summed E-state index contributed by atoms with van der Waals surface area (Å²) in [6.07, 6.45) is 3.71. The van der Waals surface area contributed by atoms with E-state index in [2.05, 4.69) is 43.7 Å². The molecular formula is C16H22N6O2. The zero-order chi connectivity index (χ0) is 17.1. The highest BCUT2D eigenvalue weighted by molar-refractivity contribution is 5.96. The average molecular weight is 330 g/mol. The number of rotatable bonds is 5. The lowest BCUT2D eigenvalue weighted by molar-refractivity contribution is 0.0952. The first-order valence-corrected chi connectivity index (χ1v) is 8.05. The van der Waals surface area contributed by atoms with Gasteiger partial charge in [0.2, 0.25) is 0 Å². The normalized spacial score (nSPS) is 15.4. The van der Waals surface area contributed by atoms with Crippen LogP contribution in [0.5, 0.6) is 0 Å². The maximum atomic E-state index is 12.1. The van der Waals surface area contributed by atoms with Gasteiger partial charge in [0.15, 0.2) is 5.82 Å². The first-order chi connectivity index (χ1) is 11.5. The van der Waals surface area contributed by atoms with E-state index in [1.807, 2.05) is 0 Å². The third kappa shape index (κ3) is 3.53. The van der Waals surface area contributed by atoms with Crippen molar-refractivity contribution in [1.82, 2.24) is 30.6 Å². The van der Waals surface area contributed by atoms with Gasteiger partial charge in [-0.25, -0.2) is 4.98 Å². The van der Waals surface area contributed by atoms with Gasteiger partial charge < -0.3 is 14.7 Å². The van der Waals surface area contributed by atoms with Gasteiger partial charge in [-0.2, -0.15) is 5.10 Å². The van der Waals surface area contributed by atoms with E-state index in [0.29, 0.717) is 30.0 Å². The van der Waals surface area contributed by atoms with Crippen molar-refractivity contribution in [2.24, 2.45) is 0 Å². The molecule has 0 aromatic carbocycles. The highest BCUT2D eigenvalue weighted by Gasteiger charge is 2.17. The minimum atomic E-state index is -0.177. The second-order valence-electron chi connectivity index (χ2n) is 6.05. The molecule has 3 heterocycles. The Morgan fingerprint density at radius 2 is 2.29 bits per heavy atom. The largest absolute Gasteiger partial charge is 0.361 e. The van der Waals surface area contributed by atoms with Gasteiger partial charge >= 0.3 is 0 Å². The van der Waals surface area contributed by atoms with Crippen molar-refractivity contribution < 1.29 is 9.32 Å². The van der Waals surface area contributed by atoms with Crippen LogP contribution in [0.3, 0.4) is 0 Å². The van der Waals surface area contributed by atoms with Gasteiger partial charge in [0.1, 0.15) is 17.1 Å². The number of aryl methyl sites for hydroxylation is 2. The van der Waals surface area contributed by atoms with Gasteiger partial charge in [0.25, 0.3) is 5.91 Å². The van der Waals surface area contributed by atoms with E-state index in [1.165, 1.54) is 5.57 Å². The number of H-pyrrole nitrogens is 1. The molecule has 0 unspecified atom stereocenters. The molecule has 8 nitrogen and oxygen atoms in total. The number of hydrogen-bond donors (Lipinski definition) is 2. The summed E-state index contributed by atoms with van der Waals surface area (Å²) in [6, 6.07) is 0. The number of hydrogen-bond acceptors (Lipinski definition) is 6. The molecule has 128 valence electrons. The lowest BCUT2D eigenvalue weighted by atomic mass is 10.1. The highest BCUT2D eigenvalue weighted by Crippen LogP contribution is 2.18. The van der Waals surface area contributed by atoms with Crippen molar-refractivity contribution >= 4 is 11.5 Å². The Morgan fingerprint density at radius 3 is 2.96 bits per heavy atom. The molecule has 2 N–H and O–H groups in total. The van der Waals surface area contributed by atoms with Gasteiger partial charge in [-0.1, -0.05) is 11.2 Å². The minimum Gasteiger partial charge on any atom is -0.361 e.